The lowest BCUT2D eigenvalue weighted by Crippen LogP contribution is -2.13. The first-order valence-corrected chi connectivity index (χ1v) is 8.34. The van der Waals surface area contributed by atoms with E-state index in [2.05, 4.69) is 15.6 Å². The van der Waals surface area contributed by atoms with Gasteiger partial charge in [-0.2, -0.15) is 5.10 Å². The molecule has 0 aliphatic heterocycles. The fraction of sp³-hybridized carbons (Fsp3) is 0.235. The number of anilines is 1. The highest BCUT2D eigenvalue weighted by Gasteiger charge is 2.22. The van der Waals surface area contributed by atoms with Gasteiger partial charge in [-0.1, -0.05) is 46.6 Å². The van der Waals surface area contributed by atoms with Crippen LogP contribution in [0.4, 0.5) is 5.69 Å². The summed E-state index contributed by atoms with van der Waals surface area (Å²) >= 11 is 12.2. The highest BCUT2D eigenvalue weighted by molar-refractivity contribution is 6.34. The van der Waals surface area contributed by atoms with Gasteiger partial charge >= 0.3 is 0 Å². The molecule has 0 bridgehead atoms. The molecule has 0 aliphatic carbocycles. The van der Waals surface area contributed by atoms with Crippen LogP contribution in [-0.2, 0) is 6.54 Å². The van der Waals surface area contributed by atoms with E-state index in [-0.39, 0.29) is 10.8 Å². The van der Waals surface area contributed by atoms with Gasteiger partial charge in [0.15, 0.2) is 0 Å². The normalized spacial score (nSPS) is 10.9. The van der Waals surface area contributed by atoms with Crippen molar-refractivity contribution in [3.05, 3.63) is 62.7 Å². The van der Waals surface area contributed by atoms with Crippen LogP contribution in [0.2, 0.25) is 10.0 Å². The monoisotopic (exact) mass is 378 g/mol. The van der Waals surface area contributed by atoms with Crippen LogP contribution in [0.25, 0.3) is 0 Å². The van der Waals surface area contributed by atoms with Crippen molar-refractivity contribution in [2.75, 3.05) is 5.32 Å². The molecule has 0 aliphatic rings. The molecule has 0 radical (unpaired) electrons. The molecule has 2 aromatic heterocycles. The Kier molecular flexibility index (Phi) is 4.83. The largest absolute Gasteiger partial charge is 0.349 e. The second-order valence-electron chi connectivity index (χ2n) is 5.66. The average Bonchev–Trinajstić information content (AvgIpc) is 3.04. The van der Waals surface area contributed by atoms with Crippen molar-refractivity contribution in [3.8, 4) is 0 Å². The second kappa shape index (κ2) is 6.90. The number of amides is 1. The summed E-state index contributed by atoms with van der Waals surface area (Å²) in [5.74, 6) is -0.481. The lowest BCUT2D eigenvalue weighted by Gasteiger charge is -2.07. The highest BCUT2D eigenvalue weighted by atomic mass is 35.5. The van der Waals surface area contributed by atoms with Crippen molar-refractivity contribution in [1.29, 1.82) is 0 Å². The fourth-order valence-electron chi connectivity index (χ4n) is 2.49. The molecule has 1 amide bonds. The minimum Gasteiger partial charge on any atom is -0.349 e. The Morgan fingerprint density at radius 2 is 1.92 bits per heavy atom. The lowest BCUT2D eigenvalue weighted by atomic mass is 10.2. The highest BCUT2D eigenvalue weighted by Crippen LogP contribution is 2.25. The fourth-order valence-corrected chi connectivity index (χ4v) is 2.84. The number of nitrogens with zero attached hydrogens (tertiary/aromatic N) is 3. The standard InChI is InChI=1S/C17H16Cl2N4O2/c1-9-14(19)16(25-22-9)17(24)20-15-10(2)21-23(11(15)3)8-12-6-4-5-7-13(12)18/h4-7H,8H2,1-3H3,(H,20,24). The number of halogens is 2. The number of aromatic nitrogens is 3. The van der Waals surface area contributed by atoms with Gasteiger partial charge in [-0.25, -0.2) is 0 Å². The van der Waals surface area contributed by atoms with Crippen LogP contribution in [0, 0.1) is 20.8 Å². The molecule has 0 unspecified atom stereocenters. The summed E-state index contributed by atoms with van der Waals surface area (Å²) in [6, 6.07) is 7.57. The van der Waals surface area contributed by atoms with Gasteiger partial charge in [0.2, 0.25) is 5.76 Å². The van der Waals surface area contributed by atoms with E-state index in [1.165, 1.54) is 0 Å². The number of rotatable bonds is 4. The Bertz CT molecular complexity index is 946. The van der Waals surface area contributed by atoms with Crippen LogP contribution < -0.4 is 5.32 Å². The maximum atomic E-state index is 12.4. The molecule has 0 fully saturated rings. The maximum Gasteiger partial charge on any atom is 0.295 e. The summed E-state index contributed by atoms with van der Waals surface area (Å²) in [7, 11) is 0. The third-order valence-corrected chi connectivity index (χ3v) is 4.71. The summed E-state index contributed by atoms with van der Waals surface area (Å²) in [6.45, 7) is 5.86. The van der Waals surface area contributed by atoms with E-state index < -0.39 is 5.91 Å². The van der Waals surface area contributed by atoms with Crippen molar-refractivity contribution in [1.82, 2.24) is 14.9 Å². The molecule has 25 heavy (non-hydrogen) atoms. The smallest absolute Gasteiger partial charge is 0.295 e. The van der Waals surface area contributed by atoms with Crippen LogP contribution in [0.3, 0.4) is 0 Å². The van der Waals surface area contributed by atoms with Crippen molar-refractivity contribution >= 4 is 34.8 Å². The van der Waals surface area contributed by atoms with Crippen molar-refractivity contribution < 1.29 is 9.32 Å². The van der Waals surface area contributed by atoms with Gasteiger partial charge in [0.1, 0.15) is 5.02 Å². The molecule has 3 rings (SSSR count). The first kappa shape index (κ1) is 17.5. The summed E-state index contributed by atoms with van der Waals surface area (Å²) < 4.78 is 6.78. The summed E-state index contributed by atoms with van der Waals surface area (Å²) in [5.41, 5.74) is 3.52. The van der Waals surface area contributed by atoms with Crippen LogP contribution in [0.15, 0.2) is 28.8 Å². The van der Waals surface area contributed by atoms with E-state index in [4.69, 9.17) is 27.7 Å². The zero-order valence-electron chi connectivity index (χ0n) is 13.9. The molecule has 0 saturated carbocycles. The van der Waals surface area contributed by atoms with E-state index in [9.17, 15) is 4.79 Å². The predicted molar refractivity (Wildman–Crippen MR) is 96.5 cm³/mol. The van der Waals surface area contributed by atoms with Gasteiger partial charge in [-0.15, -0.1) is 0 Å². The SMILES string of the molecule is Cc1noc(C(=O)Nc2c(C)nn(Cc3ccccc3Cl)c2C)c1Cl. The third-order valence-electron chi connectivity index (χ3n) is 3.90. The third kappa shape index (κ3) is 3.41. The van der Waals surface area contributed by atoms with E-state index in [1.807, 2.05) is 38.1 Å². The summed E-state index contributed by atoms with van der Waals surface area (Å²) in [4.78, 5) is 12.4. The van der Waals surface area contributed by atoms with Crippen LogP contribution in [0.1, 0.15) is 33.2 Å². The molecule has 8 heteroatoms. The quantitative estimate of drug-likeness (QED) is 0.729. The molecule has 0 saturated heterocycles. The molecule has 3 aromatic rings. The molecule has 1 N–H and O–H groups in total. The van der Waals surface area contributed by atoms with Gasteiger partial charge in [-0.05, 0) is 32.4 Å². The number of nitrogens with one attached hydrogen (secondary N) is 1. The van der Waals surface area contributed by atoms with Crippen molar-refractivity contribution in [2.45, 2.75) is 27.3 Å². The van der Waals surface area contributed by atoms with Crippen LogP contribution in [-0.4, -0.2) is 20.8 Å². The predicted octanol–water partition coefficient (Wildman–Crippen LogP) is 4.40. The van der Waals surface area contributed by atoms with Crippen molar-refractivity contribution in [3.63, 3.8) is 0 Å². The van der Waals surface area contributed by atoms with Gasteiger partial charge in [0.25, 0.3) is 5.91 Å². The van der Waals surface area contributed by atoms with E-state index in [0.717, 1.165) is 11.3 Å². The zero-order valence-corrected chi connectivity index (χ0v) is 15.4. The van der Waals surface area contributed by atoms with Gasteiger partial charge < -0.3 is 9.84 Å². The van der Waals surface area contributed by atoms with Crippen LogP contribution in [0.5, 0.6) is 0 Å². The van der Waals surface area contributed by atoms with Gasteiger partial charge in [-0.3, -0.25) is 9.48 Å². The molecule has 2 heterocycles. The minimum absolute atomic E-state index is 0.0168. The van der Waals surface area contributed by atoms with E-state index in [1.54, 1.807) is 11.6 Å². The molecular weight excluding hydrogens is 363 g/mol. The van der Waals surface area contributed by atoms with Gasteiger partial charge in [0.05, 0.1) is 29.3 Å². The number of carbonyl (C=O) groups excluding carboxylic acids is 1. The zero-order chi connectivity index (χ0) is 18.1. The van der Waals surface area contributed by atoms with Crippen molar-refractivity contribution in [2.24, 2.45) is 0 Å². The molecule has 6 nitrogen and oxygen atoms in total. The average molecular weight is 379 g/mol. The van der Waals surface area contributed by atoms with E-state index >= 15 is 0 Å². The second-order valence-corrected chi connectivity index (χ2v) is 6.45. The van der Waals surface area contributed by atoms with Crippen LogP contribution >= 0.6 is 23.2 Å². The molecule has 1 aromatic carbocycles. The number of carbonyl (C=O) groups is 1. The Labute approximate surface area is 154 Å². The van der Waals surface area contributed by atoms with E-state index in [0.29, 0.717) is 28.6 Å². The Morgan fingerprint density at radius 1 is 1.20 bits per heavy atom. The maximum absolute atomic E-state index is 12.4. The van der Waals surface area contributed by atoms with Gasteiger partial charge in [0, 0.05) is 5.02 Å². The topological polar surface area (TPSA) is 73.0 Å². The summed E-state index contributed by atoms with van der Waals surface area (Å²) in [6.07, 6.45) is 0. The number of aryl methyl sites for hydroxylation is 2. The number of benzene rings is 1. The Morgan fingerprint density at radius 3 is 2.56 bits per heavy atom. The Hall–Kier alpha value is -2.31. The first-order chi connectivity index (χ1) is 11.9. The molecular formula is C17H16Cl2N4O2. The Balaban J connectivity index is 1.86. The summed E-state index contributed by atoms with van der Waals surface area (Å²) in [5, 5.41) is 11.8. The number of hydrogen-bond acceptors (Lipinski definition) is 4. The lowest BCUT2D eigenvalue weighted by molar-refractivity contribution is 0.0988. The number of hydrogen-bond donors (Lipinski definition) is 1. The first-order valence-electron chi connectivity index (χ1n) is 7.59. The molecule has 130 valence electrons. The molecule has 0 atom stereocenters. The molecule has 0 spiro atoms. The minimum atomic E-state index is -0.464.